The van der Waals surface area contributed by atoms with Crippen LogP contribution in [0.3, 0.4) is 0 Å². The molecule has 0 fully saturated rings. The fourth-order valence-electron chi connectivity index (χ4n) is 2.54. The van der Waals surface area contributed by atoms with Crippen LogP contribution in [0.5, 0.6) is 5.75 Å². The van der Waals surface area contributed by atoms with Crippen molar-refractivity contribution in [2.75, 3.05) is 12.1 Å². The molecule has 130 valence electrons. The molecule has 0 atom stereocenters. The van der Waals surface area contributed by atoms with Crippen molar-refractivity contribution in [3.05, 3.63) is 41.1 Å². The van der Waals surface area contributed by atoms with E-state index < -0.39 is 0 Å². The first kappa shape index (κ1) is 17.2. The van der Waals surface area contributed by atoms with Crippen LogP contribution < -0.4 is 9.75 Å². The van der Waals surface area contributed by atoms with Gasteiger partial charge >= 0.3 is 0 Å². The fourth-order valence-corrected chi connectivity index (χ4v) is 3.59. The number of methoxy groups -OCH3 is 1. The smallest absolute Gasteiger partial charge is 0.246 e. The Balaban J connectivity index is 2.26. The summed E-state index contributed by atoms with van der Waals surface area (Å²) in [6.45, 7) is 3.57. The third kappa shape index (κ3) is 3.05. The van der Waals surface area contributed by atoms with Crippen LogP contribution >= 0.6 is 11.8 Å². The minimum Gasteiger partial charge on any atom is -0.497 e. The van der Waals surface area contributed by atoms with E-state index in [4.69, 9.17) is 4.74 Å². The van der Waals surface area contributed by atoms with Gasteiger partial charge in [0.2, 0.25) is 11.1 Å². The summed E-state index contributed by atoms with van der Waals surface area (Å²) in [4.78, 5) is 25.8. The largest absolute Gasteiger partial charge is 0.497 e. The van der Waals surface area contributed by atoms with Crippen LogP contribution in [-0.4, -0.2) is 33.7 Å². The molecule has 0 radical (unpaired) electrons. The van der Waals surface area contributed by atoms with Gasteiger partial charge in [-0.25, -0.2) is 9.69 Å². The SMILES string of the molecule is CCC(=O)C1=C(c2cccc(OC)c2)N(C(=O)CC)n2cnnc2S1. The Morgan fingerprint density at radius 2 is 2.04 bits per heavy atom. The number of carbonyl (C=O) groups excluding carboxylic acids is 2. The van der Waals surface area contributed by atoms with Gasteiger partial charge in [0.25, 0.3) is 0 Å². The molecule has 0 unspecified atom stereocenters. The van der Waals surface area contributed by atoms with Crippen LogP contribution in [0.2, 0.25) is 0 Å². The zero-order valence-corrected chi connectivity index (χ0v) is 15.0. The van der Waals surface area contributed by atoms with Gasteiger partial charge in [-0.3, -0.25) is 9.59 Å². The molecule has 1 aliphatic heterocycles. The molecule has 2 heterocycles. The maximum Gasteiger partial charge on any atom is 0.246 e. The summed E-state index contributed by atoms with van der Waals surface area (Å²) in [7, 11) is 1.58. The number of aromatic nitrogens is 3. The van der Waals surface area contributed by atoms with E-state index in [0.717, 1.165) is 5.56 Å². The minimum absolute atomic E-state index is 0.0500. The van der Waals surface area contributed by atoms with Crippen molar-refractivity contribution in [3.8, 4) is 5.75 Å². The number of ketones is 1. The van der Waals surface area contributed by atoms with E-state index in [9.17, 15) is 9.59 Å². The lowest BCUT2D eigenvalue weighted by Crippen LogP contribution is -2.41. The zero-order chi connectivity index (χ0) is 18.0. The number of allylic oxidation sites excluding steroid dienone is 1. The molecule has 2 aromatic rings. The maximum absolute atomic E-state index is 12.7. The first-order chi connectivity index (χ1) is 12.1. The predicted octanol–water partition coefficient (Wildman–Crippen LogP) is 2.61. The number of thioether (sulfide) groups is 1. The normalized spacial score (nSPS) is 13.6. The number of hydrogen-bond acceptors (Lipinski definition) is 6. The number of ether oxygens (including phenoxy) is 1. The standard InChI is InChI=1S/C17H18N4O3S/c1-4-13(22)16-15(11-7-6-8-12(9-11)24-3)21(14(23)5-2)20-10-18-19-17(20)25-16/h6-10H,4-5H2,1-3H3. The quantitative estimate of drug-likeness (QED) is 0.818. The highest BCUT2D eigenvalue weighted by Gasteiger charge is 2.34. The Kier molecular flexibility index (Phi) is 4.89. The van der Waals surface area contributed by atoms with Crippen LogP contribution in [-0.2, 0) is 9.59 Å². The summed E-state index contributed by atoms with van der Waals surface area (Å²) in [5.74, 6) is 0.447. The first-order valence-corrected chi connectivity index (χ1v) is 8.75. The molecule has 7 nitrogen and oxygen atoms in total. The van der Waals surface area contributed by atoms with E-state index in [2.05, 4.69) is 10.2 Å². The molecule has 1 aliphatic rings. The Morgan fingerprint density at radius 1 is 1.24 bits per heavy atom. The van der Waals surface area contributed by atoms with Crippen LogP contribution in [0.1, 0.15) is 32.3 Å². The topological polar surface area (TPSA) is 77.3 Å². The Morgan fingerprint density at radius 3 is 2.72 bits per heavy atom. The molecule has 0 saturated carbocycles. The maximum atomic E-state index is 12.7. The zero-order valence-electron chi connectivity index (χ0n) is 14.2. The van der Waals surface area contributed by atoms with Crippen molar-refractivity contribution >= 4 is 29.1 Å². The number of nitrogens with zero attached hydrogens (tertiary/aromatic N) is 4. The molecule has 8 heteroatoms. The van der Waals surface area contributed by atoms with Crippen LogP contribution in [0.25, 0.3) is 5.70 Å². The van der Waals surface area contributed by atoms with E-state index in [-0.39, 0.29) is 18.1 Å². The van der Waals surface area contributed by atoms with Crippen LogP contribution in [0, 0.1) is 0 Å². The number of fused-ring (bicyclic) bond motifs is 1. The third-order valence-corrected chi connectivity index (χ3v) is 4.87. The fraction of sp³-hybridized carbons (Fsp3) is 0.294. The number of rotatable bonds is 5. The number of benzene rings is 1. The molecule has 1 aromatic heterocycles. The molecule has 0 saturated heterocycles. The minimum atomic E-state index is -0.152. The number of hydrogen-bond donors (Lipinski definition) is 0. The highest BCUT2D eigenvalue weighted by molar-refractivity contribution is 8.04. The second-order valence-electron chi connectivity index (χ2n) is 5.31. The third-order valence-electron chi connectivity index (χ3n) is 3.79. The van der Waals surface area contributed by atoms with Gasteiger partial charge in [-0.15, -0.1) is 10.2 Å². The van der Waals surface area contributed by atoms with Crippen molar-refractivity contribution in [1.29, 1.82) is 0 Å². The molecule has 25 heavy (non-hydrogen) atoms. The summed E-state index contributed by atoms with van der Waals surface area (Å²) in [6, 6.07) is 7.31. The van der Waals surface area contributed by atoms with Crippen molar-refractivity contribution in [3.63, 3.8) is 0 Å². The van der Waals surface area contributed by atoms with Gasteiger partial charge in [0.15, 0.2) is 5.78 Å². The molecule has 0 spiro atoms. The number of Topliss-reactive ketones (excluding diaryl/α,β-unsaturated/α-hetero) is 1. The molecule has 0 aliphatic carbocycles. The first-order valence-electron chi connectivity index (χ1n) is 7.93. The monoisotopic (exact) mass is 358 g/mol. The molecule has 0 N–H and O–H groups in total. The summed E-state index contributed by atoms with van der Waals surface area (Å²) >= 11 is 1.23. The summed E-state index contributed by atoms with van der Waals surface area (Å²) in [5.41, 5.74) is 1.26. The van der Waals surface area contributed by atoms with Gasteiger partial charge in [0.1, 0.15) is 12.1 Å². The van der Waals surface area contributed by atoms with Crippen molar-refractivity contribution in [2.24, 2.45) is 0 Å². The van der Waals surface area contributed by atoms with Crippen LogP contribution in [0.4, 0.5) is 0 Å². The van der Waals surface area contributed by atoms with Crippen molar-refractivity contribution < 1.29 is 14.3 Å². The highest BCUT2D eigenvalue weighted by Crippen LogP contribution is 2.40. The average Bonchev–Trinajstić information content (AvgIpc) is 3.13. The van der Waals surface area contributed by atoms with Gasteiger partial charge in [0.05, 0.1) is 17.7 Å². The molecule has 0 bridgehead atoms. The lowest BCUT2D eigenvalue weighted by molar-refractivity contribution is -0.119. The van der Waals surface area contributed by atoms with Crippen LogP contribution in [0.15, 0.2) is 40.7 Å². The Labute approximate surface area is 149 Å². The summed E-state index contributed by atoms with van der Waals surface area (Å²) in [5, 5.41) is 9.88. The molecule has 1 amide bonds. The predicted molar refractivity (Wildman–Crippen MR) is 94.6 cm³/mol. The molecular formula is C17H18N4O3S. The van der Waals surface area contributed by atoms with Crippen molar-refractivity contribution in [1.82, 2.24) is 14.9 Å². The van der Waals surface area contributed by atoms with E-state index in [0.29, 0.717) is 27.9 Å². The van der Waals surface area contributed by atoms with Gasteiger partial charge < -0.3 is 4.74 Å². The van der Waals surface area contributed by atoms with E-state index in [1.807, 2.05) is 24.3 Å². The number of amides is 1. The molecular weight excluding hydrogens is 340 g/mol. The van der Waals surface area contributed by atoms with Gasteiger partial charge in [-0.1, -0.05) is 26.0 Å². The Bertz CT molecular complexity index is 859. The second-order valence-corrected chi connectivity index (χ2v) is 6.28. The van der Waals surface area contributed by atoms with E-state index in [1.165, 1.54) is 23.1 Å². The Hall–Kier alpha value is -2.61. The number of carbonyl (C=O) groups is 2. The molecule has 3 rings (SSSR count). The average molecular weight is 358 g/mol. The molecule has 1 aromatic carbocycles. The summed E-state index contributed by atoms with van der Waals surface area (Å²) < 4.78 is 6.88. The lowest BCUT2D eigenvalue weighted by atomic mass is 10.1. The second kappa shape index (κ2) is 7.10. The lowest BCUT2D eigenvalue weighted by Gasteiger charge is -2.32. The van der Waals surface area contributed by atoms with Gasteiger partial charge in [-0.05, 0) is 23.9 Å². The van der Waals surface area contributed by atoms with E-state index in [1.54, 1.807) is 25.6 Å². The highest BCUT2D eigenvalue weighted by atomic mass is 32.2. The van der Waals surface area contributed by atoms with Crippen molar-refractivity contribution in [2.45, 2.75) is 31.8 Å². The van der Waals surface area contributed by atoms with E-state index >= 15 is 0 Å². The van der Waals surface area contributed by atoms with Gasteiger partial charge in [0, 0.05) is 18.4 Å². The summed E-state index contributed by atoms with van der Waals surface area (Å²) in [6.07, 6.45) is 2.09. The van der Waals surface area contributed by atoms with Gasteiger partial charge in [-0.2, -0.15) is 0 Å².